The molecule has 0 spiro atoms. The van der Waals surface area contributed by atoms with Gasteiger partial charge in [-0.2, -0.15) is 0 Å². The number of nitro groups is 1. The van der Waals surface area contributed by atoms with Crippen molar-refractivity contribution in [2.24, 2.45) is 0 Å². The van der Waals surface area contributed by atoms with Crippen LogP contribution >= 0.6 is 23.1 Å². The van der Waals surface area contributed by atoms with E-state index in [0.717, 1.165) is 18.4 Å². The van der Waals surface area contributed by atoms with E-state index in [0.29, 0.717) is 32.7 Å². The summed E-state index contributed by atoms with van der Waals surface area (Å²) in [4.78, 5) is 42.5. The molecule has 1 atom stereocenters. The Bertz CT molecular complexity index is 1460. The zero-order chi connectivity index (χ0) is 23.8. The van der Waals surface area contributed by atoms with E-state index in [1.54, 1.807) is 17.6 Å². The highest BCUT2D eigenvalue weighted by atomic mass is 32.2. The Kier molecular flexibility index (Phi) is 5.93. The van der Waals surface area contributed by atoms with Crippen LogP contribution in [-0.4, -0.2) is 25.6 Å². The third kappa shape index (κ3) is 4.34. The Balaban J connectivity index is 1.49. The molecule has 1 unspecified atom stereocenters. The molecule has 1 N–H and O–H groups in total. The van der Waals surface area contributed by atoms with Crippen molar-refractivity contribution in [3.8, 4) is 5.69 Å². The highest BCUT2D eigenvalue weighted by Gasteiger charge is 2.29. The predicted molar refractivity (Wildman–Crippen MR) is 134 cm³/mol. The summed E-state index contributed by atoms with van der Waals surface area (Å²) in [6.07, 6.45) is 2.17. The standard InChI is InChI=1S/C24H20N4O4S2/c1-14(21(29)25-16-6-5-9-18(12-16)28(31)32)34-24-26-22-20(19(13-33-22)15-10-11-15)23(30)27(24)17-7-3-2-4-8-17/h2-9,12-15H,10-11H2,1H3,(H,25,29). The fourth-order valence-corrected chi connectivity index (χ4v) is 5.71. The Labute approximate surface area is 202 Å². The van der Waals surface area contributed by atoms with Gasteiger partial charge in [0, 0.05) is 17.8 Å². The lowest BCUT2D eigenvalue weighted by atomic mass is 10.1. The smallest absolute Gasteiger partial charge is 0.271 e. The molecule has 4 aromatic rings. The molecule has 0 radical (unpaired) electrons. The average Bonchev–Trinajstić information content (AvgIpc) is 3.59. The maximum Gasteiger partial charge on any atom is 0.271 e. The van der Waals surface area contributed by atoms with Gasteiger partial charge in [-0.3, -0.25) is 24.3 Å². The number of benzene rings is 2. The topological polar surface area (TPSA) is 107 Å². The minimum Gasteiger partial charge on any atom is -0.325 e. The number of amides is 1. The molecule has 1 amide bonds. The lowest BCUT2D eigenvalue weighted by molar-refractivity contribution is -0.384. The molecule has 10 heteroatoms. The fraction of sp³-hybridized carbons (Fsp3) is 0.208. The number of fused-ring (bicyclic) bond motifs is 1. The quantitative estimate of drug-likeness (QED) is 0.161. The van der Waals surface area contributed by atoms with E-state index in [1.807, 2.05) is 35.7 Å². The maximum absolute atomic E-state index is 13.7. The van der Waals surface area contributed by atoms with E-state index in [4.69, 9.17) is 4.98 Å². The van der Waals surface area contributed by atoms with Crippen LogP contribution < -0.4 is 10.9 Å². The normalized spacial score (nSPS) is 14.1. The molecule has 5 rings (SSSR count). The number of carbonyl (C=O) groups excluding carboxylic acids is 1. The van der Waals surface area contributed by atoms with Crippen molar-refractivity contribution in [3.63, 3.8) is 0 Å². The third-order valence-corrected chi connectivity index (χ3v) is 7.56. The summed E-state index contributed by atoms with van der Waals surface area (Å²) in [5, 5.41) is 16.2. The summed E-state index contributed by atoms with van der Waals surface area (Å²) in [5.41, 5.74) is 1.85. The van der Waals surface area contributed by atoms with Crippen molar-refractivity contribution in [1.82, 2.24) is 9.55 Å². The van der Waals surface area contributed by atoms with Crippen molar-refractivity contribution >= 4 is 50.6 Å². The van der Waals surface area contributed by atoms with Gasteiger partial charge in [-0.25, -0.2) is 4.98 Å². The van der Waals surface area contributed by atoms with E-state index >= 15 is 0 Å². The van der Waals surface area contributed by atoms with Crippen molar-refractivity contribution in [3.05, 3.63) is 86.0 Å². The van der Waals surface area contributed by atoms with Crippen molar-refractivity contribution < 1.29 is 9.72 Å². The van der Waals surface area contributed by atoms with Gasteiger partial charge in [0.2, 0.25) is 5.91 Å². The van der Waals surface area contributed by atoms with Gasteiger partial charge in [-0.1, -0.05) is 36.0 Å². The molecule has 1 aliphatic carbocycles. The molecular formula is C24H20N4O4S2. The first-order chi connectivity index (χ1) is 16.4. The van der Waals surface area contributed by atoms with Crippen LogP contribution in [0.15, 0.2) is 69.9 Å². The molecule has 1 fully saturated rings. The number of rotatable bonds is 7. The number of nitrogens with zero attached hydrogens (tertiary/aromatic N) is 3. The lowest BCUT2D eigenvalue weighted by Crippen LogP contribution is -2.26. The summed E-state index contributed by atoms with van der Waals surface area (Å²) < 4.78 is 1.57. The first-order valence-electron chi connectivity index (χ1n) is 10.7. The van der Waals surface area contributed by atoms with E-state index in [1.165, 1.54) is 41.3 Å². The van der Waals surface area contributed by atoms with Crippen LogP contribution in [0.25, 0.3) is 15.9 Å². The second-order valence-electron chi connectivity index (χ2n) is 8.07. The highest BCUT2D eigenvalue weighted by molar-refractivity contribution is 8.00. The summed E-state index contributed by atoms with van der Waals surface area (Å²) >= 11 is 2.63. The van der Waals surface area contributed by atoms with Crippen molar-refractivity contribution in [2.75, 3.05) is 5.32 Å². The van der Waals surface area contributed by atoms with Crippen LogP contribution in [-0.2, 0) is 4.79 Å². The van der Waals surface area contributed by atoms with Gasteiger partial charge in [-0.05, 0) is 54.8 Å². The van der Waals surface area contributed by atoms with Crippen molar-refractivity contribution in [2.45, 2.75) is 36.1 Å². The number of aromatic nitrogens is 2. The number of para-hydroxylation sites is 1. The molecule has 34 heavy (non-hydrogen) atoms. The molecule has 8 nitrogen and oxygen atoms in total. The van der Waals surface area contributed by atoms with Gasteiger partial charge < -0.3 is 5.32 Å². The maximum atomic E-state index is 13.7. The fourth-order valence-electron chi connectivity index (χ4n) is 3.72. The van der Waals surface area contributed by atoms with E-state index in [-0.39, 0.29) is 17.2 Å². The van der Waals surface area contributed by atoms with Crippen LogP contribution in [0.5, 0.6) is 0 Å². The summed E-state index contributed by atoms with van der Waals surface area (Å²) in [5.74, 6) is 0.0786. The van der Waals surface area contributed by atoms with Gasteiger partial charge in [0.05, 0.1) is 21.2 Å². The van der Waals surface area contributed by atoms with Crippen LogP contribution in [0.1, 0.15) is 31.2 Å². The zero-order valence-electron chi connectivity index (χ0n) is 18.1. The van der Waals surface area contributed by atoms with Gasteiger partial charge in [-0.15, -0.1) is 11.3 Å². The summed E-state index contributed by atoms with van der Waals surface area (Å²) in [7, 11) is 0. The number of non-ortho nitro benzene ring substituents is 1. The SMILES string of the molecule is CC(Sc1nc2scc(C3CC3)c2c(=O)n1-c1ccccc1)C(=O)Nc1cccc([N+](=O)[O-])c1. The van der Waals surface area contributed by atoms with Gasteiger partial charge in [0.25, 0.3) is 11.2 Å². The number of nitro benzene ring substituents is 1. The molecule has 2 heterocycles. The van der Waals surface area contributed by atoms with Crippen LogP contribution in [0.2, 0.25) is 0 Å². The van der Waals surface area contributed by atoms with Crippen molar-refractivity contribution in [1.29, 1.82) is 0 Å². The predicted octanol–water partition coefficient (Wildman–Crippen LogP) is 5.35. The number of hydrogen-bond acceptors (Lipinski definition) is 7. The van der Waals surface area contributed by atoms with Gasteiger partial charge in [0.1, 0.15) is 4.83 Å². The van der Waals surface area contributed by atoms with E-state index in [9.17, 15) is 19.7 Å². The summed E-state index contributed by atoms with van der Waals surface area (Å²) in [6.45, 7) is 1.72. The minimum atomic E-state index is -0.610. The Morgan fingerprint density at radius 2 is 2.00 bits per heavy atom. The number of thiophene rings is 1. The first kappa shape index (κ1) is 22.3. The zero-order valence-corrected chi connectivity index (χ0v) is 19.8. The first-order valence-corrected chi connectivity index (χ1v) is 12.5. The molecule has 2 aromatic carbocycles. The largest absolute Gasteiger partial charge is 0.325 e. The molecule has 0 saturated heterocycles. The number of nitrogens with one attached hydrogen (secondary N) is 1. The molecule has 0 aliphatic heterocycles. The molecular weight excluding hydrogens is 472 g/mol. The van der Waals surface area contributed by atoms with Crippen LogP contribution in [0, 0.1) is 10.1 Å². The Morgan fingerprint density at radius 1 is 1.24 bits per heavy atom. The minimum absolute atomic E-state index is 0.104. The Hall–Kier alpha value is -3.50. The van der Waals surface area contributed by atoms with Crippen LogP contribution in [0.4, 0.5) is 11.4 Å². The third-order valence-electron chi connectivity index (χ3n) is 5.61. The van der Waals surface area contributed by atoms with Crippen LogP contribution in [0.3, 0.4) is 0 Å². The molecule has 0 bridgehead atoms. The second-order valence-corrected chi connectivity index (χ2v) is 10.2. The molecule has 1 saturated carbocycles. The van der Waals surface area contributed by atoms with Gasteiger partial charge >= 0.3 is 0 Å². The van der Waals surface area contributed by atoms with Gasteiger partial charge in [0.15, 0.2) is 5.16 Å². The molecule has 2 aromatic heterocycles. The average molecular weight is 493 g/mol. The summed E-state index contributed by atoms with van der Waals surface area (Å²) in [6, 6.07) is 15.1. The molecule has 1 aliphatic rings. The number of anilines is 1. The number of hydrogen-bond donors (Lipinski definition) is 1. The lowest BCUT2D eigenvalue weighted by Gasteiger charge is -2.16. The molecule has 172 valence electrons. The number of carbonyl (C=O) groups is 1. The highest BCUT2D eigenvalue weighted by Crippen LogP contribution is 2.44. The van der Waals surface area contributed by atoms with E-state index in [2.05, 4.69) is 5.32 Å². The second kappa shape index (κ2) is 9.03. The Morgan fingerprint density at radius 3 is 2.71 bits per heavy atom. The monoisotopic (exact) mass is 492 g/mol. The van der Waals surface area contributed by atoms with E-state index < -0.39 is 10.2 Å². The number of thioether (sulfide) groups is 1.